The minimum atomic E-state index is -0.360. The normalized spacial score (nSPS) is 11.9. The third kappa shape index (κ3) is 2.81. The number of hydrogen-bond donors (Lipinski definition) is 1. The highest BCUT2D eigenvalue weighted by Crippen LogP contribution is 2.19. The third-order valence-electron chi connectivity index (χ3n) is 2.20. The van der Waals surface area contributed by atoms with Crippen LogP contribution < -0.4 is 5.73 Å². The second-order valence-corrected chi connectivity index (χ2v) is 4.71. The molecule has 0 aliphatic carbocycles. The minimum absolute atomic E-state index is 0.138. The van der Waals surface area contributed by atoms with Crippen molar-refractivity contribution < 1.29 is 4.39 Å². The summed E-state index contributed by atoms with van der Waals surface area (Å²) in [7, 11) is 0. The van der Waals surface area contributed by atoms with E-state index >= 15 is 0 Å². The first kappa shape index (κ1) is 11.2. The maximum atomic E-state index is 13.6. The molecule has 14 heavy (non-hydrogen) atoms. The maximum absolute atomic E-state index is 13.6. The van der Waals surface area contributed by atoms with Crippen molar-refractivity contribution in [1.82, 2.24) is 0 Å². The monoisotopic (exact) mass is 195 g/mol. The molecule has 0 atom stereocenters. The van der Waals surface area contributed by atoms with Gasteiger partial charge in [-0.25, -0.2) is 4.39 Å². The van der Waals surface area contributed by atoms with Crippen molar-refractivity contribution in [1.29, 1.82) is 0 Å². The zero-order valence-corrected chi connectivity index (χ0v) is 9.32. The van der Waals surface area contributed by atoms with Crippen molar-refractivity contribution in [3.8, 4) is 0 Å². The molecule has 0 unspecified atom stereocenters. The Hall–Kier alpha value is -0.890. The van der Waals surface area contributed by atoms with Crippen molar-refractivity contribution in [2.45, 2.75) is 39.7 Å². The van der Waals surface area contributed by atoms with Gasteiger partial charge in [-0.15, -0.1) is 0 Å². The predicted molar refractivity (Wildman–Crippen MR) is 57.8 cm³/mol. The molecule has 2 N–H and O–H groups in total. The van der Waals surface area contributed by atoms with Crippen molar-refractivity contribution in [2.75, 3.05) is 0 Å². The van der Waals surface area contributed by atoms with Crippen molar-refractivity contribution in [3.05, 3.63) is 34.6 Å². The Balaban J connectivity index is 3.09. The van der Waals surface area contributed by atoms with Crippen molar-refractivity contribution >= 4 is 0 Å². The molecule has 1 aromatic carbocycles. The molecule has 1 rings (SSSR count). The molecule has 0 saturated heterocycles. The summed E-state index contributed by atoms with van der Waals surface area (Å²) >= 11 is 0. The van der Waals surface area contributed by atoms with Gasteiger partial charge in [0.25, 0.3) is 0 Å². The molecule has 2 heteroatoms. The molecule has 1 aromatic rings. The van der Waals surface area contributed by atoms with Crippen LogP contribution in [0.2, 0.25) is 0 Å². The van der Waals surface area contributed by atoms with E-state index in [4.69, 9.17) is 5.73 Å². The van der Waals surface area contributed by atoms with Crippen LogP contribution in [0.15, 0.2) is 12.1 Å². The second-order valence-electron chi connectivity index (χ2n) is 4.71. The lowest BCUT2D eigenvalue weighted by atomic mass is 9.92. The zero-order chi connectivity index (χ0) is 10.9. The lowest BCUT2D eigenvalue weighted by Gasteiger charge is -2.20. The topological polar surface area (TPSA) is 26.0 Å². The molecule has 0 aromatic heterocycles. The molecule has 0 heterocycles. The highest BCUT2D eigenvalue weighted by atomic mass is 19.1. The summed E-state index contributed by atoms with van der Waals surface area (Å²) in [4.78, 5) is 0. The number of nitrogens with two attached hydrogens (primary N) is 1. The van der Waals surface area contributed by atoms with Crippen LogP contribution in [0.4, 0.5) is 4.39 Å². The van der Waals surface area contributed by atoms with Gasteiger partial charge in [-0.05, 0) is 56.9 Å². The average molecular weight is 195 g/mol. The van der Waals surface area contributed by atoms with E-state index in [-0.39, 0.29) is 11.4 Å². The van der Waals surface area contributed by atoms with Crippen LogP contribution in [0.1, 0.15) is 30.5 Å². The fourth-order valence-electron chi connectivity index (χ4n) is 1.63. The summed E-state index contributed by atoms with van der Waals surface area (Å²) < 4.78 is 13.6. The number of aryl methyl sites for hydroxylation is 2. The Bertz CT molecular complexity index is 314. The average Bonchev–Trinajstić information content (AvgIpc) is 1.95. The molecule has 0 saturated carbocycles. The van der Waals surface area contributed by atoms with Crippen molar-refractivity contribution in [3.63, 3.8) is 0 Å². The van der Waals surface area contributed by atoms with Crippen LogP contribution in [-0.4, -0.2) is 5.54 Å². The van der Waals surface area contributed by atoms with Gasteiger partial charge in [-0.2, -0.15) is 0 Å². The number of benzene rings is 1. The first-order chi connectivity index (χ1) is 6.29. The SMILES string of the molecule is Cc1cc(C)c(CC(C)(C)N)c(F)c1. The fourth-order valence-corrected chi connectivity index (χ4v) is 1.63. The van der Waals surface area contributed by atoms with E-state index in [1.54, 1.807) is 6.07 Å². The Morgan fingerprint density at radius 1 is 1.29 bits per heavy atom. The summed E-state index contributed by atoms with van der Waals surface area (Å²) in [5.41, 5.74) is 8.20. The van der Waals surface area contributed by atoms with Gasteiger partial charge in [0, 0.05) is 5.54 Å². The summed E-state index contributed by atoms with van der Waals surface area (Å²) in [6.45, 7) is 7.64. The van der Waals surface area contributed by atoms with Crippen LogP contribution in [0.25, 0.3) is 0 Å². The smallest absolute Gasteiger partial charge is 0.126 e. The molecular formula is C12H18FN. The number of halogens is 1. The standard InChI is InChI=1S/C12H18FN/c1-8-5-9(2)10(11(13)6-8)7-12(3,4)14/h5-6H,7,14H2,1-4H3. The van der Waals surface area contributed by atoms with Gasteiger partial charge in [0.1, 0.15) is 5.82 Å². The summed E-state index contributed by atoms with van der Waals surface area (Å²) in [5.74, 6) is -0.138. The summed E-state index contributed by atoms with van der Waals surface area (Å²) in [6, 6.07) is 3.55. The molecule has 0 fully saturated rings. The Labute approximate surface area is 85.1 Å². The quantitative estimate of drug-likeness (QED) is 0.771. The van der Waals surface area contributed by atoms with Crippen LogP contribution >= 0.6 is 0 Å². The molecule has 0 bridgehead atoms. The number of hydrogen-bond acceptors (Lipinski definition) is 1. The Morgan fingerprint density at radius 3 is 2.29 bits per heavy atom. The summed E-state index contributed by atoms with van der Waals surface area (Å²) in [6.07, 6.45) is 0.574. The second kappa shape index (κ2) is 3.70. The van der Waals surface area contributed by atoms with E-state index in [9.17, 15) is 4.39 Å². The fraction of sp³-hybridized carbons (Fsp3) is 0.500. The van der Waals surface area contributed by atoms with Gasteiger partial charge in [-0.3, -0.25) is 0 Å². The third-order valence-corrected chi connectivity index (χ3v) is 2.20. The molecule has 0 spiro atoms. The van der Waals surface area contributed by atoms with E-state index < -0.39 is 0 Å². The first-order valence-corrected chi connectivity index (χ1v) is 4.84. The van der Waals surface area contributed by atoms with Crippen molar-refractivity contribution in [2.24, 2.45) is 5.73 Å². The van der Waals surface area contributed by atoms with Crippen LogP contribution in [0, 0.1) is 19.7 Å². The van der Waals surface area contributed by atoms with Crippen LogP contribution in [-0.2, 0) is 6.42 Å². The highest BCUT2D eigenvalue weighted by molar-refractivity contribution is 5.33. The highest BCUT2D eigenvalue weighted by Gasteiger charge is 2.16. The van der Waals surface area contributed by atoms with E-state index in [1.165, 1.54) is 0 Å². The zero-order valence-electron chi connectivity index (χ0n) is 9.32. The lowest BCUT2D eigenvalue weighted by molar-refractivity contribution is 0.495. The molecule has 0 radical (unpaired) electrons. The van der Waals surface area contributed by atoms with Gasteiger partial charge in [-0.1, -0.05) is 6.07 Å². The Morgan fingerprint density at radius 2 is 1.86 bits per heavy atom. The van der Waals surface area contributed by atoms with Gasteiger partial charge in [0.05, 0.1) is 0 Å². The van der Waals surface area contributed by atoms with E-state index in [2.05, 4.69) is 0 Å². The van der Waals surface area contributed by atoms with Gasteiger partial charge >= 0.3 is 0 Å². The van der Waals surface area contributed by atoms with Gasteiger partial charge in [0.15, 0.2) is 0 Å². The lowest BCUT2D eigenvalue weighted by Crippen LogP contribution is -2.35. The minimum Gasteiger partial charge on any atom is -0.325 e. The molecule has 78 valence electrons. The summed E-state index contributed by atoms with van der Waals surface area (Å²) in [5, 5.41) is 0. The predicted octanol–water partition coefficient (Wildman–Crippen LogP) is 2.72. The largest absolute Gasteiger partial charge is 0.325 e. The molecule has 0 aliphatic rings. The van der Waals surface area contributed by atoms with E-state index in [0.29, 0.717) is 6.42 Å². The Kier molecular flexibility index (Phi) is 2.95. The molecule has 0 amide bonds. The maximum Gasteiger partial charge on any atom is 0.126 e. The molecular weight excluding hydrogens is 177 g/mol. The number of rotatable bonds is 2. The van der Waals surface area contributed by atoms with Crippen LogP contribution in [0.3, 0.4) is 0 Å². The van der Waals surface area contributed by atoms with Crippen LogP contribution in [0.5, 0.6) is 0 Å². The first-order valence-electron chi connectivity index (χ1n) is 4.84. The van der Waals surface area contributed by atoms with Gasteiger partial charge in [0.2, 0.25) is 0 Å². The van der Waals surface area contributed by atoms with E-state index in [0.717, 1.165) is 16.7 Å². The molecule has 1 nitrogen and oxygen atoms in total. The van der Waals surface area contributed by atoms with Gasteiger partial charge < -0.3 is 5.73 Å². The molecule has 0 aliphatic heterocycles. The van der Waals surface area contributed by atoms with E-state index in [1.807, 2.05) is 33.8 Å².